The molecule has 0 heterocycles. The third-order valence-electron chi connectivity index (χ3n) is 3.70. The number of benzene rings is 2. The molecule has 25 heavy (non-hydrogen) atoms. The second-order valence-corrected chi connectivity index (χ2v) is 6.17. The normalized spacial score (nSPS) is 10.5. The zero-order chi connectivity index (χ0) is 18.1. The maximum Gasteiger partial charge on any atom is 0.303 e. The Kier molecular flexibility index (Phi) is 7.61. The molecular weight excluding hydrogens is 340 g/mol. The van der Waals surface area contributed by atoms with Crippen molar-refractivity contribution in [3.05, 3.63) is 58.6 Å². The Balaban J connectivity index is 1.83. The molecule has 2 aromatic rings. The number of hydrogen-bond donors (Lipinski definition) is 1. The van der Waals surface area contributed by atoms with Crippen LogP contribution >= 0.6 is 11.6 Å². The van der Waals surface area contributed by atoms with Crippen LogP contribution in [0.3, 0.4) is 0 Å². The Morgan fingerprint density at radius 2 is 1.76 bits per heavy atom. The molecule has 0 atom stereocenters. The van der Waals surface area contributed by atoms with Gasteiger partial charge >= 0.3 is 5.97 Å². The summed E-state index contributed by atoms with van der Waals surface area (Å²) in [6, 6.07) is 13.3. The molecule has 0 saturated heterocycles. The minimum Gasteiger partial charge on any atom is -0.490 e. The van der Waals surface area contributed by atoms with E-state index in [0.29, 0.717) is 30.4 Å². The molecule has 0 radical (unpaired) electrons. The van der Waals surface area contributed by atoms with Gasteiger partial charge in [-0.3, -0.25) is 4.79 Å². The fourth-order valence-electron chi connectivity index (χ4n) is 2.48. The summed E-state index contributed by atoms with van der Waals surface area (Å²) < 4.78 is 11.4. The predicted octanol–water partition coefficient (Wildman–Crippen LogP) is 4.77. The molecule has 134 valence electrons. The lowest BCUT2D eigenvalue weighted by atomic mass is 10.1. The summed E-state index contributed by atoms with van der Waals surface area (Å²) in [5.41, 5.74) is 2.09. The van der Waals surface area contributed by atoms with Gasteiger partial charge in [0.1, 0.15) is 24.7 Å². The van der Waals surface area contributed by atoms with Crippen molar-refractivity contribution in [3.8, 4) is 11.5 Å². The largest absolute Gasteiger partial charge is 0.490 e. The van der Waals surface area contributed by atoms with Crippen LogP contribution in [0.4, 0.5) is 0 Å². The zero-order valence-corrected chi connectivity index (χ0v) is 15.1. The smallest absolute Gasteiger partial charge is 0.303 e. The molecule has 5 heteroatoms. The summed E-state index contributed by atoms with van der Waals surface area (Å²) in [6.07, 6.45) is 2.61. The molecular formula is C20H23ClO4. The molecule has 0 aliphatic carbocycles. The van der Waals surface area contributed by atoms with E-state index in [-0.39, 0.29) is 6.42 Å². The van der Waals surface area contributed by atoms with Crippen LogP contribution in [-0.4, -0.2) is 24.3 Å². The van der Waals surface area contributed by atoms with Gasteiger partial charge in [0, 0.05) is 11.4 Å². The van der Waals surface area contributed by atoms with Gasteiger partial charge < -0.3 is 14.6 Å². The van der Waals surface area contributed by atoms with Gasteiger partial charge in [-0.1, -0.05) is 37.1 Å². The van der Waals surface area contributed by atoms with Crippen LogP contribution < -0.4 is 9.47 Å². The minimum absolute atomic E-state index is 0.0390. The molecule has 0 aliphatic heterocycles. The summed E-state index contributed by atoms with van der Waals surface area (Å²) in [6.45, 7) is 2.94. The maximum absolute atomic E-state index is 10.8. The molecule has 0 aliphatic rings. The molecule has 0 unspecified atom stereocenters. The number of ether oxygens (including phenoxy) is 2. The van der Waals surface area contributed by atoms with Crippen LogP contribution in [0.2, 0.25) is 5.02 Å². The van der Waals surface area contributed by atoms with Crippen LogP contribution in [0.15, 0.2) is 42.5 Å². The lowest BCUT2D eigenvalue weighted by Gasteiger charge is -2.12. The number of halogens is 1. The van der Waals surface area contributed by atoms with Crippen molar-refractivity contribution in [1.82, 2.24) is 0 Å². The first-order valence-electron chi connectivity index (χ1n) is 8.43. The van der Waals surface area contributed by atoms with E-state index in [1.54, 1.807) is 18.2 Å². The molecule has 0 saturated carbocycles. The van der Waals surface area contributed by atoms with Gasteiger partial charge in [-0.05, 0) is 54.3 Å². The van der Waals surface area contributed by atoms with Gasteiger partial charge in [0.25, 0.3) is 0 Å². The fourth-order valence-corrected chi connectivity index (χ4v) is 2.67. The molecule has 0 bridgehead atoms. The Hall–Kier alpha value is -2.20. The molecule has 2 rings (SSSR count). The molecule has 0 amide bonds. The van der Waals surface area contributed by atoms with E-state index in [1.807, 2.05) is 12.1 Å². The van der Waals surface area contributed by atoms with Crippen molar-refractivity contribution in [2.24, 2.45) is 0 Å². The van der Waals surface area contributed by atoms with Crippen molar-refractivity contribution in [2.75, 3.05) is 13.2 Å². The van der Waals surface area contributed by atoms with E-state index < -0.39 is 5.97 Å². The third kappa shape index (κ3) is 6.67. The summed E-state index contributed by atoms with van der Waals surface area (Å²) in [4.78, 5) is 10.8. The average Bonchev–Trinajstić information content (AvgIpc) is 2.60. The maximum atomic E-state index is 10.8. The minimum atomic E-state index is -0.847. The third-order valence-corrected chi connectivity index (χ3v) is 3.94. The van der Waals surface area contributed by atoms with Gasteiger partial charge in [0.05, 0.1) is 0 Å². The number of rotatable bonds is 10. The van der Waals surface area contributed by atoms with Gasteiger partial charge in [0.2, 0.25) is 0 Å². The highest BCUT2D eigenvalue weighted by atomic mass is 35.5. The first-order chi connectivity index (χ1) is 12.1. The number of hydrogen-bond acceptors (Lipinski definition) is 3. The quantitative estimate of drug-likeness (QED) is 0.619. The van der Waals surface area contributed by atoms with Crippen LogP contribution in [-0.2, 0) is 17.6 Å². The topological polar surface area (TPSA) is 55.8 Å². The first-order valence-corrected chi connectivity index (χ1v) is 8.81. The Morgan fingerprint density at radius 3 is 2.44 bits per heavy atom. The molecule has 4 nitrogen and oxygen atoms in total. The Morgan fingerprint density at radius 1 is 1.04 bits per heavy atom. The number of aliphatic carboxylic acids is 1. The number of carboxylic acid groups (broad SMARTS) is 1. The number of aryl methyl sites for hydroxylation is 2. The Bertz CT molecular complexity index is 683. The SMILES string of the molecule is CCCc1ccc(OCCOc2ccc(Cl)cc2CCC(=O)O)cc1. The monoisotopic (exact) mass is 362 g/mol. The second-order valence-electron chi connectivity index (χ2n) is 5.74. The lowest BCUT2D eigenvalue weighted by molar-refractivity contribution is -0.136. The molecule has 1 N–H and O–H groups in total. The van der Waals surface area contributed by atoms with Crippen molar-refractivity contribution in [1.29, 1.82) is 0 Å². The highest BCUT2D eigenvalue weighted by Gasteiger charge is 2.07. The van der Waals surface area contributed by atoms with Gasteiger partial charge in [0.15, 0.2) is 0 Å². The predicted molar refractivity (Wildman–Crippen MR) is 98.8 cm³/mol. The lowest BCUT2D eigenvalue weighted by Crippen LogP contribution is -2.10. The van der Waals surface area contributed by atoms with Crippen LogP contribution in [0.25, 0.3) is 0 Å². The van der Waals surface area contributed by atoms with Crippen LogP contribution in [0.1, 0.15) is 30.9 Å². The number of carboxylic acids is 1. The molecule has 2 aromatic carbocycles. The van der Waals surface area contributed by atoms with Crippen molar-refractivity contribution >= 4 is 17.6 Å². The van der Waals surface area contributed by atoms with E-state index in [0.717, 1.165) is 24.2 Å². The van der Waals surface area contributed by atoms with E-state index in [9.17, 15) is 4.79 Å². The van der Waals surface area contributed by atoms with Crippen molar-refractivity contribution in [2.45, 2.75) is 32.6 Å². The summed E-state index contributed by atoms with van der Waals surface area (Å²) in [5.74, 6) is 0.610. The molecule has 0 spiro atoms. The first kappa shape index (κ1) is 19.1. The van der Waals surface area contributed by atoms with E-state index >= 15 is 0 Å². The van der Waals surface area contributed by atoms with Crippen LogP contribution in [0, 0.1) is 0 Å². The Labute approximate surface area is 153 Å². The zero-order valence-electron chi connectivity index (χ0n) is 14.3. The highest BCUT2D eigenvalue weighted by molar-refractivity contribution is 6.30. The molecule has 0 aromatic heterocycles. The van der Waals surface area contributed by atoms with Crippen molar-refractivity contribution < 1.29 is 19.4 Å². The average molecular weight is 363 g/mol. The fraction of sp³-hybridized carbons (Fsp3) is 0.350. The molecule has 0 fully saturated rings. The summed E-state index contributed by atoms with van der Waals surface area (Å²) in [7, 11) is 0. The van der Waals surface area contributed by atoms with Gasteiger partial charge in [-0.15, -0.1) is 0 Å². The summed E-state index contributed by atoms with van der Waals surface area (Å²) >= 11 is 5.98. The highest BCUT2D eigenvalue weighted by Crippen LogP contribution is 2.24. The van der Waals surface area contributed by atoms with E-state index in [4.69, 9.17) is 26.2 Å². The van der Waals surface area contributed by atoms with Gasteiger partial charge in [-0.2, -0.15) is 0 Å². The van der Waals surface area contributed by atoms with E-state index in [1.165, 1.54) is 5.56 Å². The van der Waals surface area contributed by atoms with E-state index in [2.05, 4.69) is 19.1 Å². The van der Waals surface area contributed by atoms with Crippen LogP contribution in [0.5, 0.6) is 11.5 Å². The second kappa shape index (κ2) is 9.94. The van der Waals surface area contributed by atoms with Gasteiger partial charge in [-0.25, -0.2) is 0 Å². The number of carbonyl (C=O) groups is 1. The standard InChI is InChI=1S/C20H23ClO4/c1-2-3-15-4-8-18(9-5-15)24-12-13-25-19-10-7-17(21)14-16(19)6-11-20(22)23/h4-5,7-10,14H,2-3,6,11-13H2,1H3,(H,22,23). The van der Waals surface area contributed by atoms with Crippen molar-refractivity contribution in [3.63, 3.8) is 0 Å². The summed E-state index contributed by atoms with van der Waals surface area (Å²) in [5, 5.41) is 9.40.